The Hall–Kier alpha value is -2.25. The van der Waals surface area contributed by atoms with Gasteiger partial charge in [0, 0.05) is 12.6 Å². The Morgan fingerprint density at radius 1 is 1.00 bits per heavy atom. The van der Waals surface area contributed by atoms with E-state index in [9.17, 15) is 40.5 Å². The average Bonchev–Trinajstić information content (AvgIpc) is 3.15. The number of amides is 1. The lowest BCUT2D eigenvalue weighted by atomic mass is 10.1. The van der Waals surface area contributed by atoms with Gasteiger partial charge in [-0.25, -0.2) is 30.9 Å². The highest BCUT2D eigenvalue weighted by Gasteiger charge is 2.50. The zero-order valence-corrected chi connectivity index (χ0v) is 16.6. The molecule has 8 nitrogen and oxygen atoms in total. The smallest absolute Gasteiger partial charge is 0.349 e. The summed E-state index contributed by atoms with van der Waals surface area (Å²) < 4.78 is 114. The van der Waals surface area contributed by atoms with Crippen molar-refractivity contribution < 1.29 is 58.8 Å². The van der Waals surface area contributed by atoms with Crippen LogP contribution in [-0.4, -0.2) is 41.6 Å². The number of Topliss-reactive ketones (excluding diaryl/α,β-unsaturated/α-hetero) is 1. The van der Waals surface area contributed by atoms with Crippen molar-refractivity contribution in [3.05, 3.63) is 46.7 Å². The molecule has 1 aromatic carbocycles. The molecule has 0 bridgehead atoms. The van der Waals surface area contributed by atoms with Gasteiger partial charge < -0.3 is 4.74 Å². The minimum absolute atomic E-state index is 0.159. The van der Waals surface area contributed by atoms with E-state index >= 15 is 0 Å². The maximum absolute atomic E-state index is 13.8. The maximum atomic E-state index is 13.8. The number of hydrogen-bond acceptors (Lipinski definition) is 7. The summed E-state index contributed by atoms with van der Waals surface area (Å²) in [6.07, 6.45) is -3.25. The molecule has 4 atom stereocenters. The van der Waals surface area contributed by atoms with Gasteiger partial charge in [-0.05, 0) is 0 Å². The first kappa shape index (κ1) is 22.9. The molecule has 1 unspecified atom stereocenters. The lowest BCUT2D eigenvalue weighted by Crippen LogP contribution is -2.40. The molecular weight excluding hydrogens is 475 g/mol. The summed E-state index contributed by atoms with van der Waals surface area (Å²) in [5, 5.41) is 0. The Balaban J connectivity index is 1.45. The highest BCUT2D eigenvalue weighted by atomic mass is 31.2. The van der Waals surface area contributed by atoms with Gasteiger partial charge >= 0.3 is 7.82 Å². The summed E-state index contributed by atoms with van der Waals surface area (Å²) in [5.41, 5.74) is -1.38. The molecule has 32 heavy (non-hydrogen) atoms. The number of fused-ring (bicyclic) bond motifs is 1. The molecule has 15 heteroatoms. The molecule has 174 valence electrons. The first-order valence-corrected chi connectivity index (χ1v) is 10.4. The Bertz CT molecular complexity index is 1050. The van der Waals surface area contributed by atoms with Crippen LogP contribution in [0.2, 0.25) is 0 Å². The first-order chi connectivity index (χ1) is 15.0. The predicted molar refractivity (Wildman–Crippen MR) is 88.4 cm³/mol. The van der Waals surface area contributed by atoms with Crippen LogP contribution in [0.5, 0.6) is 0 Å². The second-order valence-electron chi connectivity index (χ2n) is 6.95. The third kappa shape index (κ3) is 3.97. The third-order valence-electron chi connectivity index (χ3n) is 4.94. The van der Waals surface area contributed by atoms with Gasteiger partial charge in [-0.2, -0.15) is 0 Å². The number of carbonyl (C=O) groups is 2. The van der Waals surface area contributed by atoms with Crippen molar-refractivity contribution in [3.63, 3.8) is 0 Å². The van der Waals surface area contributed by atoms with Gasteiger partial charge in [0.25, 0.3) is 0 Å². The molecule has 0 N–H and O–H groups in total. The molecule has 1 aromatic rings. The highest BCUT2D eigenvalue weighted by Crippen LogP contribution is 2.56. The first-order valence-electron chi connectivity index (χ1n) is 8.95. The van der Waals surface area contributed by atoms with Gasteiger partial charge in [-0.1, -0.05) is 0 Å². The summed E-state index contributed by atoms with van der Waals surface area (Å²) >= 11 is 0. The molecule has 0 radical (unpaired) electrons. The number of rotatable bonds is 4. The molecule has 2 saturated heterocycles. The number of carbonyl (C=O) groups excluding carboxylic acids is 2. The van der Waals surface area contributed by atoms with E-state index in [0.29, 0.717) is 6.20 Å². The van der Waals surface area contributed by atoms with Crippen molar-refractivity contribution in [3.8, 4) is 0 Å². The average molecular weight is 487 g/mol. The number of hydrogen-bond donors (Lipinski definition) is 0. The normalized spacial score (nSPS) is 30.5. The number of ketones is 1. The lowest BCUT2D eigenvalue weighted by molar-refractivity contribution is -0.146. The largest absolute Gasteiger partial charge is 0.475 e. The summed E-state index contributed by atoms with van der Waals surface area (Å²) in [5.74, 6) is -14.0. The third-order valence-corrected chi connectivity index (χ3v) is 6.38. The fourth-order valence-electron chi connectivity index (χ4n) is 3.30. The number of benzene rings is 1. The van der Waals surface area contributed by atoms with Gasteiger partial charge in [0.15, 0.2) is 29.1 Å². The predicted octanol–water partition coefficient (Wildman–Crippen LogP) is 3.15. The Morgan fingerprint density at radius 2 is 1.62 bits per heavy atom. The van der Waals surface area contributed by atoms with Crippen LogP contribution in [0.4, 0.5) is 26.3 Å². The van der Waals surface area contributed by atoms with E-state index in [-0.39, 0.29) is 6.42 Å². The molecular formula is C17H12F6NO7P. The minimum Gasteiger partial charge on any atom is -0.349 e. The van der Waals surface area contributed by atoms with E-state index in [1.165, 1.54) is 0 Å². The molecule has 0 saturated carbocycles. The molecule has 3 aliphatic rings. The van der Waals surface area contributed by atoms with Crippen LogP contribution in [0.15, 0.2) is 12.0 Å². The number of halogens is 6. The second-order valence-corrected chi connectivity index (χ2v) is 8.57. The summed E-state index contributed by atoms with van der Waals surface area (Å²) in [6.45, 7) is -1.77. The SMILES string of the molecule is O=C1CC(=O)N([C@H]2C[C@@H]3OP(=O)(OCc4c(F)c(F)c(F)c(F)c4F)OC[C@H]3O2)C=C1F. The fourth-order valence-corrected chi connectivity index (χ4v) is 4.67. The fraction of sp³-hybridized carbons (Fsp3) is 0.412. The zero-order valence-electron chi connectivity index (χ0n) is 15.7. The molecule has 1 amide bonds. The number of phosphoric acid groups is 1. The molecule has 0 aromatic heterocycles. The van der Waals surface area contributed by atoms with E-state index in [1.807, 2.05) is 0 Å². The molecule has 0 spiro atoms. The lowest BCUT2D eigenvalue weighted by Gasteiger charge is -2.30. The van der Waals surface area contributed by atoms with Crippen molar-refractivity contribution in [2.45, 2.75) is 37.9 Å². The monoisotopic (exact) mass is 487 g/mol. The Labute approximate surface area is 175 Å². The number of allylic oxidation sites excluding steroid dienone is 1. The van der Waals surface area contributed by atoms with E-state index < -0.39 is 98.1 Å². The second kappa shape index (κ2) is 8.27. The molecule has 4 rings (SSSR count). The maximum Gasteiger partial charge on any atom is 0.475 e. The van der Waals surface area contributed by atoms with Crippen LogP contribution in [0.1, 0.15) is 18.4 Å². The van der Waals surface area contributed by atoms with Crippen molar-refractivity contribution in [1.29, 1.82) is 0 Å². The highest BCUT2D eigenvalue weighted by molar-refractivity contribution is 7.48. The van der Waals surface area contributed by atoms with E-state index in [0.717, 1.165) is 4.90 Å². The summed E-state index contributed by atoms with van der Waals surface area (Å²) in [4.78, 5) is 24.1. The molecule has 3 aliphatic heterocycles. The summed E-state index contributed by atoms with van der Waals surface area (Å²) in [7, 11) is -4.53. The number of nitrogens with zero attached hydrogens (tertiary/aromatic N) is 1. The topological polar surface area (TPSA) is 91.4 Å². The van der Waals surface area contributed by atoms with Crippen LogP contribution < -0.4 is 0 Å². The van der Waals surface area contributed by atoms with E-state index in [1.54, 1.807) is 0 Å². The van der Waals surface area contributed by atoms with E-state index in [4.69, 9.17) is 18.3 Å². The van der Waals surface area contributed by atoms with Gasteiger partial charge in [-0.15, -0.1) is 0 Å². The van der Waals surface area contributed by atoms with Gasteiger partial charge in [0.1, 0.15) is 18.4 Å². The van der Waals surface area contributed by atoms with E-state index in [2.05, 4.69) is 0 Å². The van der Waals surface area contributed by atoms with Gasteiger partial charge in [-0.3, -0.25) is 28.1 Å². The van der Waals surface area contributed by atoms with Crippen LogP contribution >= 0.6 is 7.82 Å². The van der Waals surface area contributed by atoms with Crippen LogP contribution in [0, 0.1) is 29.1 Å². The summed E-state index contributed by atoms with van der Waals surface area (Å²) in [6, 6.07) is 0. The molecule has 0 aliphatic carbocycles. The minimum atomic E-state index is -4.53. The van der Waals surface area contributed by atoms with Crippen molar-refractivity contribution in [2.24, 2.45) is 0 Å². The van der Waals surface area contributed by atoms with Crippen LogP contribution in [0.3, 0.4) is 0 Å². The Morgan fingerprint density at radius 3 is 2.28 bits per heavy atom. The standard InChI is InChI=1S/C17H12F6NO7P/c18-7-3-24(11(26)1-8(7)25)12-2-9-10(30-12)5-29-32(27,31-9)28-4-6-13(19)15(21)17(23)16(22)14(6)20/h3,9-10,12H,1-2,4-5H2/t9-,10+,12+,32?/m0/s1. The van der Waals surface area contributed by atoms with Crippen molar-refractivity contribution in [1.82, 2.24) is 4.90 Å². The Kier molecular flexibility index (Phi) is 5.92. The van der Waals surface area contributed by atoms with Crippen LogP contribution in [0.25, 0.3) is 0 Å². The van der Waals surface area contributed by atoms with Crippen molar-refractivity contribution in [2.75, 3.05) is 6.61 Å². The van der Waals surface area contributed by atoms with Crippen molar-refractivity contribution >= 4 is 19.5 Å². The van der Waals surface area contributed by atoms with Gasteiger partial charge in [0.2, 0.25) is 17.5 Å². The number of ether oxygens (including phenoxy) is 1. The van der Waals surface area contributed by atoms with Crippen LogP contribution in [-0.2, 0) is 39.1 Å². The quantitative estimate of drug-likeness (QED) is 0.212. The zero-order chi connectivity index (χ0) is 23.4. The molecule has 3 heterocycles. The molecule has 2 fully saturated rings. The van der Waals surface area contributed by atoms with Gasteiger partial charge in [0.05, 0.1) is 25.2 Å². The number of phosphoric ester groups is 1.